The summed E-state index contributed by atoms with van der Waals surface area (Å²) < 4.78 is 0. The quantitative estimate of drug-likeness (QED) is 0.760. The van der Waals surface area contributed by atoms with Crippen LogP contribution in [-0.2, 0) is 0 Å². The van der Waals surface area contributed by atoms with E-state index < -0.39 is 0 Å². The van der Waals surface area contributed by atoms with Crippen molar-refractivity contribution in [3.05, 3.63) is 52.7 Å². The largest absolute Gasteiger partial charge is 0.393 e. The summed E-state index contributed by atoms with van der Waals surface area (Å²) in [6.45, 7) is 3.38. The van der Waals surface area contributed by atoms with Crippen molar-refractivity contribution in [2.24, 2.45) is 0 Å². The van der Waals surface area contributed by atoms with Gasteiger partial charge in [0.15, 0.2) is 0 Å². The summed E-state index contributed by atoms with van der Waals surface area (Å²) in [5, 5.41) is 15.9. The van der Waals surface area contributed by atoms with Gasteiger partial charge < -0.3 is 20.6 Å². The van der Waals surface area contributed by atoms with E-state index in [0.29, 0.717) is 13.0 Å². The number of aryl methyl sites for hydroxylation is 1. The van der Waals surface area contributed by atoms with Gasteiger partial charge in [-0.25, -0.2) is 4.79 Å². The highest BCUT2D eigenvalue weighted by Gasteiger charge is 2.24. The molecule has 1 aromatic carbocycles. The SMILES string of the molecule is Cc1cccc(N(C)CCNC(=O)NC2=CCCC3=C2CC(O)CC3)c1. The minimum atomic E-state index is -0.289. The number of allylic oxidation sites excluding steroid dienone is 3. The summed E-state index contributed by atoms with van der Waals surface area (Å²) in [7, 11) is 2.03. The number of aliphatic hydroxyl groups excluding tert-OH is 1. The summed E-state index contributed by atoms with van der Waals surface area (Å²) in [4.78, 5) is 14.4. The summed E-state index contributed by atoms with van der Waals surface area (Å²) in [6, 6.07) is 8.15. The molecule has 2 aliphatic rings. The summed E-state index contributed by atoms with van der Waals surface area (Å²) in [5.41, 5.74) is 5.79. The van der Waals surface area contributed by atoms with E-state index in [1.807, 2.05) is 13.1 Å². The Bertz CT molecular complexity index is 724. The third-order valence-corrected chi connectivity index (χ3v) is 5.19. The molecule has 0 heterocycles. The molecule has 0 fully saturated rings. The minimum absolute atomic E-state index is 0.178. The van der Waals surface area contributed by atoms with Crippen molar-refractivity contribution >= 4 is 11.7 Å². The van der Waals surface area contributed by atoms with Crippen molar-refractivity contribution in [1.29, 1.82) is 0 Å². The molecular weight excluding hydrogens is 326 g/mol. The van der Waals surface area contributed by atoms with Crippen LogP contribution >= 0.6 is 0 Å². The Morgan fingerprint density at radius 2 is 2.19 bits per heavy atom. The van der Waals surface area contributed by atoms with Gasteiger partial charge in [-0.3, -0.25) is 0 Å². The second-order valence-electron chi connectivity index (χ2n) is 7.28. The third kappa shape index (κ3) is 4.67. The molecule has 0 bridgehead atoms. The number of carbonyl (C=O) groups excluding carboxylic acids is 1. The number of hydrogen-bond donors (Lipinski definition) is 3. The van der Waals surface area contributed by atoms with Gasteiger partial charge in [-0.15, -0.1) is 0 Å². The molecule has 1 atom stereocenters. The van der Waals surface area contributed by atoms with Crippen molar-refractivity contribution in [3.63, 3.8) is 0 Å². The summed E-state index contributed by atoms with van der Waals surface area (Å²) >= 11 is 0. The monoisotopic (exact) mass is 355 g/mol. The molecule has 26 heavy (non-hydrogen) atoms. The maximum Gasteiger partial charge on any atom is 0.319 e. The van der Waals surface area contributed by atoms with Gasteiger partial charge in [-0.05, 0) is 55.9 Å². The lowest BCUT2D eigenvalue weighted by Gasteiger charge is -2.29. The molecule has 3 N–H and O–H groups in total. The van der Waals surface area contributed by atoms with Crippen LogP contribution in [0.15, 0.2) is 47.2 Å². The molecule has 5 nitrogen and oxygen atoms in total. The molecule has 3 rings (SSSR count). The van der Waals surface area contributed by atoms with Crippen LogP contribution in [0.3, 0.4) is 0 Å². The van der Waals surface area contributed by atoms with Gasteiger partial charge in [-0.1, -0.05) is 23.8 Å². The molecule has 140 valence electrons. The van der Waals surface area contributed by atoms with Crippen LogP contribution in [0.25, 0.3) is 0 Å². The molecule has 1 unspecified atom stereocenters. The maximum absolute atomic E-state index is 12.3. The van der Waals surface area contributed by atoms with Crippen LogP contribution in [0.5, 0.6) is 0 Å². The molecule has 2 aliphatic carbocycles. The minimum Gasteiger partial charge on any atom is -0.393 e. The number of nitrogens with one attached hydrogen (secondary N) is 2. The van der Waals surface area contributed by atoms with E-state index >= 15 is 0 Å². The zero-order valence-electron chi connectivity index (χ0n) is 15.7. The molecule has 1 aromatic rings. The zero-order chi connectivity index (χ0) is 18.5. The van der Waals surface area contributed by atoms with E-state index in [2.05, 4.69) is 46.7 Å². The van der Waals surface area contributed by atoms with E-state index in [1.165, 1.54) is 11.1 Å². The summed E-state index contributed by atoms with van der Waals surface area (Å²) in [5.74, 6) is 0. The van der Waals surface area contributed by atoms with Gasteiger partial charge in [0.25, 0.3) is 0 Å². The third-order valence-electron chi connectivity index (χ3n) is 5.19. The fraction of sp³-hybridized carbons (Fsp3) is 0.476. The Kier molecular flexibility index (Phi) is 5.99. The molecule has 0 spiro atoms. The first kappa shape index (κ1) is 18.5. The first-order chi connectivity index (χ1) is 12.5. The van der Waals surface area contributed by atoms with Gasteiger partial charge >= 0.3 is 6.03 Å². The molecule has 2 amide bonds. The van der Waals surface area contributed by atoms with Crippen LogP contribution < -0.4 is 15.5 Å². The first-order valence-corrected chi connectivity index (χ1v) is 9.45. The zero-order valence-corrected chi connectivity index (χ0v) is 15.7. The number of carbonyl (C=O) groups is 1. The smallest absolute Gasteiger partial charge is 0.319 e. The predicted octanol–water partition coefficient (Wildman–Crippen LogP) is 3.25. The highest BCUT2D eigenvalue weighted by molar-refractivity contribution is 5.77. The number of anilines is 1. The number of hydrogen-bond acceptors (Lipinski definition) is 3. The van der Waals surface area contributed by atoms with E-state index in [0.717, 1.165) is 49.2 Å². The van der Waals surface area contributed by atoms with Crippen molar-refractivity contribution in [2.45, 2.75) is 45.1 Å². The van der Waals surface area contributed by atoms with Gasteiger partial charge in [0.05, 0.1) is 6.10 Å². The number of likely N-dealkylation sites (N-methyl/N-ethyl adjacent to an activating group) is 1. The number of aliphatic hydroxyl groups is 1. The van der Waals surface area contributed by atoms with E-state index in [-0.39, 0.29) is 12.1 Å². The Hall–Kier alpha value is -2.27. The maximum atomic E-state index is 12.3. The second-order valence-corrected chi connectivity index (χ2v) is 7.28. The second kappa shape index (κ2) is 8.41. The highest BCUT2D eigenvalue weighted by atomic mass is 16.3. The van der Waals surface area contributed by atoms with Gasteiger partial charge in [0.2, 0.25) is 0 Å². The number of nitrogens with zero attached hydrogens (tertiary/aromatic N) is 1. The average molecular weight is 355 g/mol. The van der Waals surface area contributed by atoms with Crippen LogP contribution in [0, 0.1) is 6.92 Å². The van der Waals surface area contributed by atoms with Crippen LogP contribution in [-0.4, -0.2) is 37.4 Å². The number of benzene rings is 1. The van der Waals surface area contributed by atoms with E-state index in [4.69, 9.17) is 0 Å². The fourth-order valence-corrected chi connectivity index (χ4v) is 3.69. The molecule has 0 aliphatic heterocycles. The Morgan fingerprint density at radius 3 is 3.00 bits per heavy atom. The van der Waals surface area contributed by atoms with Gasteiger partial charge in [0, 0.05) is 37.9 Å². The molecule has 0 saturated carbocycles. The highest BCUT2D eigenvalue weighted by Crippen LogP contribution is 2.35. The molecule has 0 aromatic heterocycles. The predicted molar refractivity (Wildman–Crippen MR) is 105 cm³/mol. The lowest BCUT2D eigenvalue weighted by Crippen LogP contribution is -2.40. The Balaban J connectivity index is 1.48. The van der Waals surface area contributed by atoms with Gasteiger partial charge in [0.1, 0.15) is 0 Å². The van der Waals surface area contributed by atoms with Crippen LogP contribution in [0.4, 0.5) is 10.5 Å². The molecule has 0 radical (unpaired) electrons. The van der Waals surface area contributed by atoms with Gasteiger partial charge in [-0.2, -0.15) is 0 Å². The molecular formula is C21H29N3O2. The average Bonchev–Trinajstić information content (AvgIpc) is 2.62. The normalized spacial score (nSPS) is 19.5. The van der Waals surface area contributed by atoms with Crippen molar-refractivity contribution in [1.82, 2.24) is 10.6 Å². The summed E-state index contributed by atoms with van der Waals surface area (Å²) in [6.07, 6.45) is 6.23. The van der Waals surface area contributed by atoms with E-state index in [9.17, 15) is 9.90 Å². The lowest BCUT2D eigenvalue weighted by molar-refractivity contribution is 0.157. The van der Waals surface area contributed by atoms with Crippen LogP contribution in [0.1, 0.15) is 37.7 Å². The first-order valence-electron chi connectivity index (χ1n) is 9.45. The van der Waals surface area contributed by atoms with Crippen molar-refractivity contribution in [2.75, 3.05) is 25.0 Å². The lowest BCUT2D eigenvalue weighted by atomic mass is 9.83. The topological polar surface area (TPSA) is 64.6 Å². The van der Waals surface area contributed by atoms with Crippen LogP contribution in [0.2, 0.25) is 0 Å². The standard InChI is InChI=1S/C21H29N3O2/c1-15-5-3-7-17(13-15)24(2)12-11-22-21(26)23-20-8-4-6-16-9-10-18(25)14-19(16)20/h3,5,7-8,13,18,25H,4,6,9-12,14H2,1-2H3,(H2,22,23,26). The van der Waals surface area contributed by atoms with Crippen molar-refractivity contribution < 1.29 is 9.90 Å². The number of amides is 2. The molecule has 0 saturated heterocycles. The fourth-order valence-electron chi connectivity index (χ4n) is 3.69. The Morgan fingerprint density at radius 1 is 1.35 bits per heavy atom. The Labute approximate surface area is 155 Å². The van der Waals surface area contributed by atoms with E-state index in [1.54, 1.807) is 0 Å². The number of rotatable bonds is 5. The van der Waals surface area contributed by atoms with Crippen molar-refractivity contribution in [3.8, 4) is 0 Å². The molecule has 5 heteroatoms. The number of urea groups is 1.